The van der Waals surface area contributed by atoms with Crippen LogP contribution in [0, 0.1) is 11.8 Å². The zero-order valence-electron chi connectivity index (χ0n) is 65.5. The average Bonchev–Trinajstić information content (AvgIpc) is 0.935. The van der Waals surface area contributed by atoms with Crippen LogP contribution in [0.2, 0.25) is 0 Å². The smallest absolute Gasteiger partial charge is 0.462 e. The zero-order chi connectivity index (χ0) is 73.5. The Morgan fingerprint density at radius 3 is 0.680 bits per heavy atom. The molecule has 0 bridgehead atoms. The van der Waals surface area contributed by atoms with E-state index in [9.17, 15) is 43.2 Å². The molecule has 2 unspecified atom stereocenters. The maximum atomic E-state index is 13.1. The second kappa shape index (κ2) is 72.6. The Labute approximate surface area is 613 Å². The Hall–Kier alpha value is -1.94. The first kappa shape index (κ1) is 98.1. The number of carbonyl (C=O) groups is 4. The molecule has 17 nitrogen and oxygen atoms in total. The molecule has 0 aromatic heterocycles. The summed E-state index contributed by atoms with van der Waals surface area (Å²) >= 11 is 0. The number of aliphatic hydroxyl groups excluding tert-OH is 1. The molecule has 0 rings (SSSR count). The second-order valence-corrected chi connectivity index (χ2v) is 33.0. The minimum Gasteiger partial charge on any atom is -0.462 e. The summed E-state index contributed by atoms with van der Waals surface area (Å²) in [5.74, 6) is -0.567. The van der Waals surface area contributed by atoms with Gasteiger partial charge in [-0.3, -0.25) is 37.3 Å². The van der Waals surface area contributed by atoms with Crippen LogP contribution < -0.4 is 0 Å². The van der Waals surface area contributed by atoms with Crippen LogP contribution in [0.25, 0.3) is 0 Å². The summed E-state index contributed by atoms with van der Waals surface area (Å²) < 4.78 is 68.5. The van der Waals surface area contributed by atoms with Crippen LogP contribution in [-0.4, -0.2) is 96.7 Å². The Morgan fingerprint density at radius 2 is 0.460 bits per heavy atom. The number of hydrogen-bond donors (Lipinski definition) is 3. The van der Waals surface area contributed by atoms with Gasteiger partial charge in [0.05, 0.1) is 26.4 Å². The normalized spacial score (nSPS) is 13.9. The first-order valence-electron chi connectivity index (χ1n) is 42.0. The minimum atomic E-state index is -4.96. The summed E-state index contributed by atoms with van der Waals surface area (Å²) in [7, 11) is -9.91. The molecule has 19 heteroatoms. The van der Waals surface area contributed by atoms with Crippen molar-refractivity contribution in [1.82, 2.24) is 0 Å². The monoisotopic (exact) mass is 1470 g/mol. The maximum Gasteiger partial charge on any atom is 0.472 e. The predicted octanol–water partition coefficient (Wildman–Crippen LogP) is 24.3. The molecule has 0 aliphatic carbocycles. The standard InChI is InChI=1S/C81H158O17P2/c1-7-9-11-13-15-16-17-18-19-20-21-22-23-24-25-30-33-36-41-47-53-59-65-80(85)98-77(70-92-79(84)64-58-52-46-40-35-32-29-27-26-28-31-34-38-44-49-55-61-73(3)4)72-96-100(89,90)94-68-75(82)67-93-99(87,88)95-71-76(69-91-78(83)63-57-51-43-14-12-10-8-2)97-81(86)66-60-54-48-42-37-39-45-50-56-62-74(5)6/h73-77,82H,7-72H2,1-6H3,(H,87,88)(H,89,90)/t75-,76+,77+/m0/s1. The van der Waals surface area contributed by atoms with Crippen LogP contribution in [0.5, 0.6) is 0 Å². The largest absolute Gasteiger partial charge is 0.472 e. The topological polar surface area (TPSA) is 237 Å². The lowest BCUT2D eigenvalue weighted by Gasteiger charge is -2.21. The lowest BCUT2D eigenvalue weighted by Crippen LogP contribution is -2.30. The molecule has 3 N–H and O–H groups in total. The van der Waals surface area contributed by atoms with Crippen molar-refractivity contribution < 1.29 is 80.2 Å². The molecule has 0 aromatic carbocycles. The summed E-state index contributed by atoms with van der Waals surface area (Å²) in [6, 6.07) is 0. The fourth-order valence-corrected chi connectivity index (χ4v) is 14.1. The maximum absolute atomic E-state index is 13.1. The summed E-state index contributed by atoms with van der Waals surface area (Å²) in [5, 5.41) is 10.6. The van der Waals surface area contributed by atoms with Crippen LogP contribution in [0.15, 0.2) is 0 Å². The third-order valence-corrected chi connectivity index (χ3v) is 20.9. The highest BCUT2D eigenvalue weighted by Gasteiger charge is 2.30. The van der Waals surface area contributed by atoms with Gasteiger partial charge in [-0.25, -0.2) is 9.13 Å². The van der Waals surface area contributed by atoms with Crippen molar-refractivity contribution in [3.63, 3.8) is 0 Å². The number of aliphatic hydroxyl groups is 1. The molecule has 0 aliphatic heterocycles. The summed E-state index contributed by atoms with van der Waals surface area (Å²) in [6.45, 7) is 9.59. The van der Waals surface area contributed by atoms with Gasteiger partial charge in [0, 0.05) is 25.7 Å². The van der Waals surface area contributed by atoms with Crippen LogP contribution in [0.1, 0.15) is 427 Å². The second-order valence-electron chi connectivity index (χ2n) is 30.1. The Bertz CT molecular complexity index is 1920. The molecule has 0 heterocycles. The third-order valence-electron chi connectivity index (χ3n) is 19.0. The van der Waals surface area contributed by atoms with E-state index in [4.69, 9.17) is 37.0 Å². The van der Waals surface area contributed by atoms with Gasteiger partial charge in [-0.05, 0) is 37.5 Å². The third kappa shape index (κ3) is 74.3. The quantitative estimate of drug-likeness (QED) is 0.0222. The van der Waals surface area contributed by atoms with Gasteiger partial charge >= 0.3 is 39.5 Å². The van der Waals surface area contributed by atoms with E-state index in [-0.39, 0.29) is 25.7 Å². The van der Waals surface area contributed by atoms with Gasteiger partial charge in [0.15, 0.2) is 12.2 Å². The van der Waals surface area contributed by atoms with Crippen molar-refractivity contribution in [3.8, 4) is 0 Å². The number of ether oxygens (including phenoxy) is 4. The molecule has 0 aromatic rings. The van der Waals surface area contributed by atoms with E-state index in [1.165, 1.54) is 231 Å². The van der Waals surface area contributed by atoms with E-state index in [1.807, 2.05) is 0 Å². The highest BCUT2D eigenvalue weighted by Crippen LogP contribution is 2.45. The first-order chi connectivity index (χ1) is 48.4. The fourth-order valence-electron chi connectivity index (χ4n) is 12.5. The Balaban J connectivity index is 5.15. The van der Waals surface area contributed by atoms with Gasteiger partial charge in [0.1, 0.15) is 19.3 Å². The van der Waals surface area contributed by atoms with Gasteiger partial charge in [-0.15, -0.1) is 0 Å². The molecule has 0 radical (unpaired) electrons. The van der Waals surface area contributed by atoms with Gasteiger partial charge in [-0.1, -0.05) is 375 Å². The van der Waals surface area contributed by atoms with Crippen LogP contribution in [0.3, 0.4) is 0 Å². The molecule has 0 fully saturated rings. The van der Waals surface area contributed by atoms with E-state index in [0.717, 1.165) is 115 Å². The number of phosphoric acid groups is 2. The number of unbranched alkanes of at least 4 members (excludes halogenated alkanes) is 50. The summed E-state index contributed by atoms with van der Waals surface area (Å²) in [6.07, 6.45) is 62.8. The lowest BCUT2D eigenvalue weighted by molar-refractivity contribution is -0.161. The summed E-state index contributed by atoms with van der Waals surface area (Å²) in [5.41, 5.74) is 0. The molecule has 0 saturated carbocycles. The first-order valence-corrected chi connectivity index (χ1v) is 45.0. The summed E-state index contributed by atoms with van der Waals surface area (Å²) in [4.78, 5) is 72.8. The number of hydrogen-bond acceptors (Lipinski definition) is 15. The van der Waals surface area contributed by atoms with E-state index in [2.05, 4.69) is 41.5 Å². The number of phosphoric ester groups is 2. The number of carbonyl (C=O) groups excluding carboxylic acids is 4. The van der Waals surface area contributed by atoms with E-state index < -0.39 is 97.5 Å². The molecular weight excluding hydrogens is 1310 g/mol. The van der Waals surface area contributed by atoms with E-state index >= 15 is 0 Å². The Morgan fingerprint density at radius 1 is 0.270 bits per heavy atom. The molecule has 5 atom stereocenters. The molecule has 0 spiro atoms. The predicted molar refractivity (Wildman–Crippen MR) is 409 cm³/mol. The highest BCUT2D eigenvalue weighted by molar-refractivity contribution is 7.47. The number of rotatable bonds is 80. The van der Waals surface area contributed by atoms with E-state index in [1.54, 1.807) is 0 Å². The van der Waals surface area contributed by atoms with Crippen LogP contribution in [0.4, 0.5) is 0 Å². The van der Waals surface area contributed by atoms with Crippen molar-refractivity contribution in [2.24, 2.45) is 11.8 Å². The highest BCUT2D eigenvalue weighted by atomic mass is 31.2. The SMILES string of the molecule is CCCCCCCCCCCCCCCCCCCCCCCCC(=O)O[C@H](COC(=O)CCCCCCCCCCCCCCCCCCC(C)C)COP(=O)(O)OC[C@@H](O)COP(=O)(O)OC[C@@H](COC(=O)CCCCCCCCC)OC(=O)CCCCCCCCCCCC(C)C. The van der Waals surface area contributed by atoms with Crippen LogP contribution >= 0.6 is 15.6 Å². The van der Waals surface area contributed by atoms with Gasteiger partial charge in [0.2, 0.25) is 0 Å². The van der Waals surface area contributed by atoms with Crippen molar-refractivity contribution in [2.75, 3.05) is 39.6 Å². The number of esters is 4. The lowest BCUT2D eigenvalue weighted by atomic mass is 10.0. The molecule has 100 heavy (non-hydrogen) atoms. The molecule has 0 saturated heterocycles. The van der Waals surface area contributed by atoms with Crippen molar-refractivity contribution >= 4 is 39.5 Å². The minimum absolute atomic E-state index is 0.105. The zero-order valence-corrected chi connectivity index (χ0v) is 67.3. The van der Waals surface area contributed by atoms with Crippen molar-refractivity contribution in [1.29, 1.82) is 0 Å². The fraction of sp³-hybridized carbons (Fsp3) is 0.951. The molecule has 0 amide bonds. The Kier molecular flexibility index (Phi) is 71.2. The average molecular weight is 1470 g/mol. The van der Waals surface area contributed by atoms with Crippen LogP contribution in [-0.2, 0) is 65.4 Å². The molecule has 594 valence electrons. The van der Waals surface area contributed by atoms with Gasteiger partial charge < -0.3 is 33.8 Å². The van der Waals surface area contributed by atoms with E-state index in [0.29, 0.717) is 25.7 Å². The molecular formula is C81H158O17P2. The van der Waals surface area contributed by atoms with Crippen molar-refractivity contribution in [3.05, 3.63) is 0 Å². The molecule has 0 aliphatic rings. The van der Waals surface area contributed by atoms with Gasteiger partial charge in [0.25, 0.3) is 0 Å². The van der Waals surface area contributed by atoms with Gasteiger partial charge in [-0.2, -0.15) is 0 Å². The van der Waals surface area contributed by atoms with Crippen molar-refractivity contribution in [2.45, 2.75) is 445 Å².